The molecule has 0 saturated carbocycles. The molecule has 1 atom stereocenters. The first-order valence-electron chi connectivity index (χ1n) is 4.60. The minimum atomic E-state index is -3.38. The molecule has 5 heteroatoms. The summed E-state index contributed by atoms with van der Waals surface area (Å²) in [6.07, 6.45) is 0.0657. The number of hydrogen-bond acceptors (Lipinski definition) is 3. The van der Waals surface area contributed by atoms with Crippen molar-refractivity contribution >= 4 is 15.7 Å². The molecule has 0 aromatic heterocycles. The summed E-state index contributed by atoms with van der Waals surface area (Å²) in [5, 5.41) is 1.63. The van der Waals surface area contributed by atoms with E-state index in [1.165, 1.54) is 0 Å². The third-order valence-corrected chi connectivity index (χ3v) is 4.38. The predicted molar refractivity (Wildman–Crippen MR) is 54.9 cm³/mol. The van der Waals surface area contributed by atoms with Crippen LogP contribution in [-0.4, -0.2) is 19.7 Å². The Morgan fingerprint density at radius 2 is 1.80 bits per heavy atom. The molecule has 1 unspecified atom stereocenters. The summed E-state index contributed by atoms with van der Waals surface area (Å²) >= 11 is 0. The minimum Gasteiger partial charge on any atom is -0.339 e. The van der Waals surface area contributed by atoms with Gasteiger partial charge in [-0.1, -0.05) is 17.7 Å². The lowest BCUT2D eigenvalue weighted by molar-refractivity contribution is -0.126. The molecule has 0 radical (unpaired) electrons. The van der Waals surface area contributed by atoms with Gasteiger partial charge in [-0.05, 0) is 19.1 Å². The van der Waals surface area contributed by atoms with Gasteiger partial charge in [-0.3, -0.25) is 4.79 Å². The second-order valence-corrected chi connectivity index (χ2v) is 5.75. The van der Waals surface area contributed by atoms with Crippen LogP contribution in [0.15, 0.2) is 29.2 Å². The van der Waals surface area contributed by atoms with Crippen LogP contribution in [0.3, 0.4) is 0 Å². The van der Waals surface area contributed by atoms with Crippen LogP contribution in [-0.2, 0) is 14.6 Å². The lowest BCUT2D eigenvalue weighted by Gasteiger charge is -2.26. The van der Waals surface area contributed by atoms with Crippen molar-refractivity contribution in [2.24, 2.45) is 0 Å². The second-order valence-electron chi connectivity index (χ2n) is 3.62. The van der Waals surface area contributed by atoms with Crippen molar-refractivity contribution < 1.29 is 13.2 Å². The maximum absolute atomic E-state index is 11.9. The van der Waals surface area contributed by atoms with Crippen LogP contribution in [0.4, 0.5) is 0 Å². The van der Waals surface area contributed by atoms with E-state index in [-0.39, 0.29) is 17.2 Å². The van der Waals surface area contributed by atoms with Crippen molar-refractivity contribution in [2.45, 2.75) is 23.6 Å². The van der Waals surface area contributed by atoms with Crippen molar-refractivity contribution in [2.75, 3.05) is 0 Å². The van der Waals surface area contributed by atoms with Crippen LogP contribution in [0.25, 0.3) is 0 Å². The molecular formula is C10H11NO3S. The summed E-state index contributed by atoms with van der Waals surface area (Å²) in [6.45, 7) is 1.89. The standard InChI is InChI=1S/C10H11NO3S/c1-7-2-4-8(5-3-7)15(13,14)10-6-9(12)11-10/h2-5,10H,6H2,1H3,(H,11,12). The van der Waals surface area contributed by atoms with Crippen molar-refractivity contribution in [1.29, 1.82) is 0 Å². The van der Waals surface area contributed by atoms with Crippen molar-refractivity contribution in [1.82, 2.24) is 5.32 Å². The number of β-lactam (4-membered cyclic amide) rings is 1. The van der Waals surface area contributed by atoms with E-state index in [2.05, 4.69) is 5.32 Å². The average molecular weight is 225 g/mol. The molecule has 1 aliphatic heterocycles. The fourth-order valence-electron chi connectivity index (χ4n) is 1.41. The monoisotopic (exact) mass is 225 g/mol. The van der Waals surface area contributed by atoms with Gasteiger partial charge in [0.15, 0.2) is 9.84 Å². The molecule has 1 aromatic rings. The lowest BCUT2D eigenvalue weighted by atomic mass is 10.2. The third kappa shape index (κ3) is 1.74. The van der Waals surface area contributed by atoms with Crippen LogP contribution in [0, 0.1) is 6.92 Å². The normalized spacial score (nSPS) is 20.6. The Morgan fingerprint density at radius 1 is 1.27 bits per heavy atom. The Kier molecular flexibility index (Phi) is 2.26. The third-order valence-electron chi connectivity index (χ3n) is 2.42. The molecule has 1 aromatic carbocycles. The van der Waals surface area contributed by atoms with E-state index in [0.717, 1.165) is 5.56 Å². The molecule has 0 bridgehead atoms. The Morgan fingerprint density at radius 3 is 2.27 bits per heavy atom. The summed E-state index contributed by atoms with van der Waals surface area (Å²) in [5.41, 5.74) is 1.01. The molecule has 1 amide bonds. The Labute approximate surface area is 88.2 Å². The van der Waals surface area contributed by atoms with Crippen LogP contribution in [0.5, 0.6) is 0 Å². The largest absolute Gasteiger partial charge is 0.339 e. The molecule has 4 nitrogen and oxygen atoms in total. The van der Waals surface area contributed by atoms with Crippen molar-refractivity contribution in [3.63, 3.8) is 0 Å². The van der Waals surface area contributed by atoms with Gasteiger partial charge in [0.2, 0.25) is 5.91 Å². The first-order chi connectivity index (χ1) is 7.00. The zero-order valence-corrected chi connectivity index (χ0v) is 9.04. The van der Waals surface area contributed by atoms with E-state index in [1.807, 2.05) is 6.92 Å². The van der Waals surface area contributed by atoms with Crippen LogP contribution < -0.4 is 5.32 Å². The van der Waals surface area contributed by atoms with E-state index >= 15 is 0 Å². The zero-order valence-electron chi connectivity index (χ0n) is 8.23. The maximum atomic E-state index is 11.9. The van der Waals surface area contributed by atoms with Crippen LogP contribution in [0.1, 0.15) is 12.0 Å². The number of amides is 1. The highest BCUT2D eigenvalue weighted by molar-refractivity contribution is 7.92. The first-order valence-corrected chi connectivity index (χ1v) is 6.15. The molecule has 0 aliphatic carbocycles. The number of sulfone groups is 1. The van der Waals surface area contributed by atoms with E-state index in [9.17, 15) is 13.2 Å². The van der Waals surface area contributed by atoms with E-state index in [4.69, 9.17) is 0 Å². The van der Waals surface area contributed by atoms with Crippen molar-refractivity contribution in [3.05, 3.63) is 29.8 Å². The quantitative estimate of drug-likeness (QED) is 0.750. The number of carbonyl (C=O) groups is 1. The number of carbonyl (C=O) groups excluding carboxylic acids is 1. The van der Waals surface area contributed by atoms with Gasteiger partial charge in [-0.2, -0.15) is 0 Å². The molecule has 0 spiro atoms. The van der Waals surface area contributed by atoms with Gasteiger partial charge >= 0.3 is 0 Å². The summed E-state index contributed by atoms with van der Waals surface area (Å²) in [4.78, 5) is 10.9. The lowest BCUT2D eigenvalue weighted by Crippen LogP contribution is -2.52. The van der Waals surface area contributed by atoms with E-state index < -0.39 is 15.2 Å². The average Bonchev–Trinajstić information content (AvgIpc) is 2.13. The van der Waals surface area contributed by atoms with Gasteiger partial charge in [-0.15, -0.1) is 0 Å². The number of aryl methyl sites for hydroxylation is 1. The molecule has 80 valence electrons. The van der Waals surface area contributed by atoms with E-state index in [1.54, 1.807) is 24.3 Å². The summed E-state index contributed by atoms with van der Waals surface area (Å²) in [7, 11) is -3.38. The van der Waals surface area contributed by atoms with Crippen LogP contribution >= 0.6 is 0 Å². The molecule has 15 heavy (non-hydrogen) atoms. The molecule has 2 rings (SSSR count). The van der Waals surface area contributed by atoms with Crippen LogP contribution in [0.2, 0.25) is 0 Å². The van der Waals surface area contributed by atoms with Gasteiger partial charge in [0, 0.05) is 0 Å². The molecular weight excluding hydrogens is 214 g/mol. The first kappa shape index (κ1) is 10.2. The highest BCUT2D eigenvalue weighted by Crippen LogP contribution is 2.21. The van der Waals surface area contributed by atoms with E-state index in [0.29, 0.717) is 0 Å². The minimum absolute atomic E-state index is 0.0657. The molecule has 1 heterocycles. The number of benzene rings is 1. The Balaban J connectivity index is 2.30. The zero-order chi connectivity index (χ0) is 11.1. The highest BCUT2D eigenvalue weighted by Gasteiger charge is 2.37. The van der Waals surface area contributed by atoms with Gasteiger partial charge in [-0.25, -0.2) is 8.42 Å². The van der Waals surface area contributed by atoms with Gasteiger partial charge in [0.25, 0.3) is 0 Å². The highest BCUT2D eigenvalue weighted by atomic mass is 32.2. The second kappa shape index (κ2) is 3.34. The van der Waals surface area contributed by atoms with Gasteiger partial charge in [0.05, 0.1) is 11.3 Å². The Hall–Kier alpha value is -1.36. The maximum Gasteiger partial charge on any atom is 0.224 e. The fourth-order valence-corrected chi connectivity index (χ4v) is 2.91. The fraction of sp³-hybridized carbons (Fsp3) is 0.300. The molecule has 1 N–H and O–H groups in total. The molecule has 1 aliphatic rings. The smallest absolute Gasteiger partial charge is 0.224 e. The summed E-state index contributed by atoms with van der Waals surface area (Å²) < 4.78 is 23.7. The summed E-state index contributed by atoms with van der Waals surface area (Å²) in [6, 6.07) is 6.62. The topological polar surface area (TPSA) is 63.2 Å². The number of hydrogen-bond donors (Lipinski definition) is 1. The SMILES string of the molecule is Cc1ccc(S(=O)(=O)C2CC(=O)N2)cc1. The molecule has 1 saturated heterocycles. The van der Waals surface area contributed by atoms with Crippen molar-refractivity contribution in [3.8, 4) is 0 Å². The van der Waals surface area contributed by atoms with Gasteiger partial charge in [0.1, 0.15) is 5.37 Å². The number of rotatable bonds is 2. The predicted octanol–water partition coefficient (Wildman–Crippen LogP) is 0.615. The number of nitrogens with one attached hydrogen (secondary N) is 1. The van der Waals surface area contributed by atoms with Gasteiger partial charge < -0.3 is 5.32 Å². The summed E-state index contributed by atoms with van der Waals surface area (Å²) in [5.74, 6) is -0.212. The molecule has 1 fully saturated rings. The Bertz CT molecular complexity index is 482.